The third-order valence-electron chi connectivity index (χ3n) is 4.87. The van der Waals surface area contributed by atoms with E-state index in [1.807, 2.05) is 39.0 Å². The average molecular weight is 345 g/mol. The normalized spacial score (nSPS) is 24.2. The van der Waals surface area contributed by atoms with Crippen LogP contribution in [0.15, 0.2) is 35.5 Å². The molecule has 1 fully saturated rings. The van der Waals surface area contributed by atoms with E-state index in [1.165, 1.54) is 0 Å². The zero-order valence-electron chi connectivity index (χ0n) is 15.7. The maximum Gasteiger partial charge on any atom is 0.410 e. The lowest BCUT2D eigenvalue weighted by Gasteiger charge is -2.39. The Kier molecular flexibility index (Phi) is 4.09. The van der Waals surface area contributed by atoms with Crippen molar-refractivity contribution in [2.24, 2.45) is 5.41 Å². The van der Waals surface area contributed by atoms with Gasteiger partial charge in [-0.3, -0.25) is 0 Å². The number of rotatable bonds is 0. The van der Waals surface area contributed by atoms with E-state index in [-0.39, 0.29) is 17.5 Å². The second-order valence-electron chi connectivity index (χ2n) is 8.67. The summed E-state index contributed by atoms with van der Waals surface area (Å²) in [6.07, 6.45) is 8.93. The first kappa shape index (κ1) is 17.8. The first-order valence-corrected chi connectivity index (χ1v) is 8.86. The fraction of sp³-hybridized carbons (Fsp3) is 0.600. The van der Waals surface area contributed by atoms with Crippen molar-refractivity contribution in [3.63, 3.8) is 0 Å². The van der Waals surface area contributed by atoms with E-state index >= 15 is 0 Å². The molecule has 0 aromatic carbocycles. The predicted octanol–water partition coefficient (Wildman–Crippen LogP) is 3.76. The standard InChI is InChI=1S/C20H27NO4/c1-18(2,3)25-17(23)21-12-10-20(11-13-21)15-7-9-19(4,5)8-6-14(15)16(22)24-20/h6-9H,10-13H2,1-5H3. The Morgan fingerprint density at radius 2 is 1.76 bits per heavy atom. The number of esters is 1. The van der Waals surface area contributed by atoms with Crippen LogP contribution in [0.3, 0.4) is 0 Å². The van der Waals surface area contributed by atoms with Gasteiger partial charge < -0.3 is 14.4 Å². The van der Waals surface area contributed by atoms with Gasteiger partial charge in [0.25, 0.3) is 0 Å². The summed E-state index contributed by atoms with van der Waals surface area (Å²) in [6, 6.07) is 0. The summed E-state index contributed by atoms with van der Waals surface area (Å²) in [5.41, 5.74) is 0.368. The van der Waals surface area contributed by atoms with Gasteiger partial charge >= 0.3 is 12.1 Å². The Bertz CT molecular complexity index is 683. The zero-order valence-corrected chi connectivity index (χ0v) is 15.7. The molecule has 136 valence electrons. The number of carbonyl (C=O) groups is 2. The zero-order chi connectivity index (χ0) is 18.5. The molecular formula is C20H27NO4. The van der Waals surface area contributed by atoms with Gasteiger partial charge in [-0.05, 0) is 20.8 Å². The van der Waals surface area contributed by atoms with Crippen LogP contribution in [-0.4, -0.2) is 41.3 Å². The lowest BCUT2D eigenvalue weighted by atomic mass is 9.82. The van der Waals surface area contributed by atoms with Crippen molar-refractivity contribution in [2.75, 3.05) is 13.1 Å². The second-order valence-corrected chi connectivity index (χ2v) is 8.67. The minimum absolute atomic E-state index is 0.0942. The van der Waals surface area contributed by atoms with E-state index in [9.17, 15) is 9.59 Å². The lowest BCUT2D eigenvalue weighted by Crippen LogP contribution is -2.49. The van der Waals surface area contributed by atoms with Gasteiger partial charge in [-0.2, -0.15) is 0 Å². The van der Waals surface area contributed by atoms with Gasteiger partial charge in [0.2, 0.25) is 0 Å². The molecule has 0 atom stereocenters. The van der Waals surface area contributed by atoms with E-state index in [1.54, 1.807) is 4.90 Å². The Labute approximate surface area is 149 Å². The maximum atomic E-state index is 12.4. The van der Waals surface area contributed by atoms with Gasteiger partial charge in [-0.1, -0.05) is 38.2 Å². The van der Waals surface area contributed by atoms with Crippen molar-refractivity contribution in [1.82, 2.24) is 4.90 Å². The first-order valence-electron chi connectivity index (χ1n) is 8.86. The molecular weight excluding hydrogens is 318 g/mol. The number of amides is 1. The van der Waals surface area contributed by atoms with E-state index in [4.69, 9.17) is 9.47 Å². The van der Waals surface area contributed by atoms with Crippen LogP contribution in [0.1, 0.15) is 47.5 Å². The van der Waals surface area contributed by atoms with Crippen LogP contribution < -0.4 is 0 Å². The summed E-state index contributed by atoms with van der Waals surface area (Å²) >= 11 is 0. The van der Waals surface area contributed by atoms with Crippen LogP contribution in [0.5, 0.6) is 0 Å². The minimum atomic E-state index is -0.619. The molecule has 0 N–H and O–H groups in total. The summed E-state index contributed by atoms with van der Waals surface area (Å²) < 4.78 is 11.2. The van der Waals surface area contributed by atoms with Crippen molar-refractivity contribution in [2.45, 2.75) is 58.7 Å². The SMILES string of the molecule is CC1(C)C=CC2=C(C=C1)C1(CCN(C(=O)OC(C)(C)C)CC1)OC2=O. The van der Waals surface area contributed by atoms with Crippen LogP contribution in [0.2, 0.25) is 0 Å². The maximum absolute atomic E-state index is 12.4. The summed E-state index contributed by atoms with van der Waals surface area (Å²) in [6.45, 7) is 10.8. The minimum Gasteiger partial charge on any atom is -0.450 e. The predicted molar refractivity (Wildman–Crippen MR) is 95.0 cm³/mol. The molecule has 0 aromatic heterocycles. The van der Waals surface area contributed by atoms with Gasteiger partial charge in [0.05, 0.1) is 5.57 Å². The topological polar surface area (TPSA) is 55.8 Å². The van der Waals surface area contributed by atoms with E-state index < -0.39 is 11.2 Å². The highest BCUT2D eigenvalue weighted by Gasteiger charge is 2.49. The molecule has 25 heavy (non-hydrogen) atoms. The van der Waals surface area contributed by atoms with Crippen molar-refractivity contribution in [1.29, 1.82) is 0 Å². The number of likely N-dealkylation sites (tertiary alicyclic amines) is 1. The summed E-state index contributed by atoms with van der Waals surface area (Å²) in [4.78, 5) is 26.3. The molecule has 3 rings (SSSR count). The largest absolute Gasteiger partial charge is 0.450 e. The average Bonchev–Trinajstić information content (AvgIpc) is 2.61. The Balaban J connectivity index is 1.77. The van der Waals surface area contributed by atoms with Crippen LogP contribution in [0.25, 0.3) is 0 Å². The summed E-state index contributed by atoms with van der Waals surface area (Å²) in [5, 5.41) is 0. The highest BCUT2D eigenvalue weighted by molar-refractivity contribution is 5.97. The molecule has 0 aromatic rings. The number of carbonyl (C=O) groups excluding carboxylic acids is 2. The number of fused-ring (bicyclic) bond motifs is 1. The smallest absolute Gasteiger partial charge is 0.410 e. The van der Waals surface area contributed by atoms with Gasteiger partial charge in [-0.15, -0.1) is 0 Å². The molecule has 1 amide bonds. The fourth-order valence-electron chi connectivity index (χ4n) is 3.44. The Morgan fingerprint density at radius 3 is 2.36 bits per heavy atom. The molecule has 5 nitrogen and oxygen atoms in total. The van der Waals surface area contributed by atoms with Gasteiger partial charge in [-0.25, -0.2) is 9.59 Å². The first-order chi connectivity index (χ1) is 11.5. The number of nitrogens with zero attached hydrogens (tertiary/aromatic N) is 1. The number of ether oxygens (including phenoxy) is 2. The number of allylic oxidation sites excluding steroid dienone is 2. The molecule has 0 bridgehead atoms. The van der Waals surface area contributed by atoms with Crippen molar-refractivity contribution in [3.8, 4) is 0 Å². The number of hydrogen-bond acceptors (Lipinski definition) is 4. The quantitative estimate of drug-likeness (QED) is 0.627. The van der Waals surface area contributed by atoms with E-state index in [2.05, 4.69) is 19.9 Å². The molecule has 5 heteroatoms. The highest BCUT2D eigenvalue weighted by Crippen LogP contribution is 2.44. The molecule has 0 radical (unpaired) electrons. The van der Waals surface area contributed by atoms with Crippen LogP contribution in [0.4, 0.5) is 4.79 Å². The molecule has 0 unspecified atom stereocenters. The van der Waals surface area contributed by atoms with Crippen molar-refractivity contribution in [3.05, 3.63) is 35.5 Å². The monoisotopic (exact) mass is 345 g/mol. The van der Waals surface area contributed by atoms with Gasteiger partial charge in [0.15, 0.2) is 0 Å². The van der Waals surface area contributed by atoms with Crippen LogP contribution in [-0.2, 0) is 14.3 Å². The number of hydrogen-bond donors (Lipinski definition) is 0. The fourth-order valence-corrected chi connectivity index (χ4v) is 3.44. The molecule has 3 aliphatic rings. The van der Waals surface area contributed by atoms with Crippen LogP contribution in [0, 0.1) is 5.41 Å². The van der Waals surface area contributed by atoms with E-state index in [0.29, 0.717) is 31.5 Å². The Hall–Kier alpha value is -2.04. The number of piperidine rings is 1. The second kappa shape index (κ2) is 5.75. The lowest BCUT2D eigenvalue weighted by molar-refractivity contribution is -0.149. The molecule has 1 spiro atoms. The van der Waals surface area contributed by atoms with Crippen molar-refractivity contribution >= 4 is 12.1 Å². The van der Waals surface area contributed by atoms with Crippen molar-refractivity contribution < 1.29 is 19.1 Å². The summed E-state index contributed by atoms with van der Waals surface area (Å²) in [7, 11) is 0. The third kappa shape index (κ3) is 3.51. The molecule has 2 heterocycles. The van der Waals surface area contributed by atoms with E-state index in [0.717, 1.165) is 5.57 Å². The van der Waals surface area contributed by atoms with Gasteiger partial charge in [0, 0.05) is 36.9 Å². The molecule has 1 aliphatic carbocycles. The third-order valence-corrected chi connectivity index (χ3v) is 4.87. The van der Waals surface area contributed by atoms with Gasteiger partial charge in [0.1, 0.15) is 11.2 Å². The molecule has 1 saturated heterocycles. The molecule has 0 saturated carbocycles. The molecule has 2 aliphatic heterocycles. The van der Waals surface area contributed by atoms with Crippen LogP contribution >= 0.6 is 0 Å². The highest BCUT2D eigenvalue weighted by atomic mass is 16.6. The summed E-state index contributed by atoms with van der Waals surface area (Å²) in [5.74, 6) is -0.265. The Morgan fingerprint density at radius 1 is 1.16 bits per heavy atom.